The van der Waals surface area contributed by atoms with Gasteiger partial charge in [0.05, 0.1) is 9.49 Å². The van der Waals surface area contributed by atoms with E-state index in [1.54, 1.807) is 38.1 Å². The van der Waals surface area contributed by atoms with E-state index < -0.39 is 38.4 Å². The highest BCUT2D eigenvalue weighted by molar-refractivity contribution is 8.06. The Kier molecular flexibility index (Phi) is 8.10. The Morgan fingerprint density at radius 2 is 0.869 bits per heavy atom. The molecule has 302 valence electrons. The molecule has 1 saturated carbocycles. The number of halogens is 6. The van der Waals surface area contributed by atoms with Crippen LogP contribution in [0.5, 0.6) is 0 Å². The first-order valence-corrected chi connectivity index (χ1v) is 21.1. The number of hydrogen-bond donors (Lipinski definition) is 0. The van der Waals surface area contributed by atoms with Gasteiger partial charge in [0.25, 0.3) is 0 Å². The van der Waals surface area contributed by atoms with E-state index in [1.165, 1.54) is 29.6 Å². The zero-order valence-electron chi connectivity index (χ0n) is 32.3. The molecule has 1 aromatic heterocycles. The van der Waals surface area contributed by atoms with E-state index in [0.29, 0.717) is 26.6 Å². The predicted molar refractivity (Wildman–Crippen MR) is 229 cm³/mol. The summed E-state index contributed by atoms with van der Waals surface area (Å²) in [6.45, 7) is 3.41. The van der Waals surface area contributed by atoms with E-state index in [1.807, 2.05) is 126 Å². The lowest BCUT2D eigenvalue weighted by molar-refractivity contribution is -0.257. The van der Waals surface area contributed by atoms with Crippen molar-refractivity contribution in [3.63, 3.8) is 0 Å². The number of fused-ring (bicyclic) bond motifs is 8. The first kappa shape index (κ1) is 38.0. The van der Waals surface area contributed by atoms with Crippen molar-refractivity contribution in [1.29, 1.82) is 0 Å². The number of thioether (sulfide) groups is 2. The van der Waals surface area contributed by atoms with Gasteiger partial charge in [-0.1, -0.05) is 91.0 Å². The van der Waals surface area contributed by atoms with Crippen molar-refractivity contribution in [2.24, 2.45) is 0 Å². The van der Waals surface area contributed by atoms with Crippen molar-refractivity contribution in [3.8, 4) is 34.0 Å². The van der Waals surface area contributed by atoms with E-state index in [4.69, 9.17) is 4.42 Å². The van der Waals surface area contributed by atoms with Gasteiger partial charge in [0, 0.05) is 49.1 Å². The van der Waals surface area contributed by atoms with E-state index in [-0.39, 0.29) is 34.1 Å². The molecule has 0 radical (unpaired) electrons. The quantitative estimate of drug-likeness (QED) is 0.155. The van der Waals surface area contributed by atoms with Crippen LogP contribution in [0.2, 0.25) is 0 Å². The normalized spacial score (nSPS) is 22.4. The molecule has 2 unspecified atom stereocenters. The van der Waals surface area contributed by atoms with Gasteiger partial charge in [0.1, 0.15) is 0 Å². The fourth-order valence-electron chi connectivity index (χ4n) is 9.24. The van der Waals surface area contributed by atoms with Crippen LogP contribution in [0.15, 0.2) is 177 Å². The van der Waals surface area contributed by atoms with E-state index in [2.05, 4.69) is 10.2 Å². The van der Waals surface area contributed by atoms with Crippen molar-refractivity contribution < 1.29 is 30.8 Å². The number of nitrogens with zero attached hydrogens (tertiary/aromatic N) is 3. The Morgan fingerprint density at radius 1 is 0.443 bits per heavy atom. The Hall–Kier alpha value is -5.98. The summed E-state index contributed by atoms with van der Waals surface area (Å²) in [5.74, 6) is -15.6. The molecule has 0 spiro atoms. The van der Waals surface area contributed by atoms with Crippen molar-refractivity contribution in [1.82, 2.24) is 10.2 Å². The summed E-state index contributed by atoms with van der Waals surface area (Å²) in [4.78, 5) is 2.96. The minimum absolute atomic E-state index is 0.148. The molecule has 12 heteroatoms. The Balaban J connectivity index is 1.03. The minimum atomic E-state index is -5.69. The maximum absolute atomic E-state index is 16.4. The smallest absolute Gasteiger partial charge is 0.380 e. The molecule has 0 amide bonds. The van der Waals surface area contributed by atoms with Gasteiger partial charge in [-0.2, -0.15) is 26.3 Å². The van der Waals surface area contributed by atoms with Crippen LogP contribution in [0.3, 0.4) is 0 Å². The van der Waals surface area contributed by atoms with Gasteiger partial charge in [-0.05, 0) is 108 Å². The predicted octanol–water partition coefficient (Wildman–Crippen LogP) is 14.4. The molecule has 2 atom stereocenters. The second kappa shape index (κ2) is 13.0. The van der Waals surface area contributed by atoms with Gasteiger partial charge >= 0.3 is 17.8 Å². The molecule has 2 aliphatic carbocycles. The van der Waals surface area contributed by atoms with Gasteiger partial charge in [-0.3, -0.25) is 0 Å². The van der Waals surface area contributed by atoms with Crippen molar-refractivity contribution >= 4 is 51.7 Å². The fraction of sp³-hybridized carbons (Fsp3) is 0.143. The molecule has 7 aromatic rings. The molecule has 0 bridgehead atoms. The van der Waals surface area contributed by atoms with Gasteiger partial charge in [0.2, 0.25) is 11.8 Å². The summed E-state index contributed by atoms with van der Waals surface area (Å²) in [5.41, 5.74) is 2.93. The summed E-state index contributed by atoms with van der Waals surface area (Å²) < 4.78 is 101. The number of allylic oxidation sites excluding steroid dienone is 2. The number of aromatic nitrogens is 2. The first-order valence-electron chi connectivity index (χ1n) is 19.5. The molecule has 3 heterocycles. The molecule has 0 saturated heterocycles. The molecule has 1 fully saturated rings. The van der Waals surface area contributed by atoms with Crippen LogP contribution in [-0.4, -0.2) is 37.5 Å². The van der Waals surface area contributed by atoms with Crippen LogP contribution < -0.4 is 4.90 Å². The summed E-state index contributed by atoms with van der Waals surface area (Å²) in [7, 11) is 0. The minimum Gasteiger partial charge on any atom is -0.416 e. The highest BCUT2D eigenvalue weighted by Crippen LogP contribution is 2.78. The van der Waals surface area contributed by atoms with Gasteiger partial charge in [-0.15, -0.1) is 33.7 Å². The number of anilines is 3. The summed E-state index contributed by atoms with van der Waals surface area (Å²) >= 11 is 2.44. The molecule has 11 rings (SSSR count). The lowest BCUT2D eigenvalue weighted by atomic mass is 9.68. The lowest BCUT2D eigenvalue weighted by Gasteiger charge is -2.47. The highest BCUT2D eigenvalue weighted by Gasteiger charge is 2.85. The molecule has 4 aliphatic rings. The first-order chi connectivity index (χ1) is 29.2. The van der Waals surface area contributed by atoms with Gasteiger partial charge < -0.3 is 9.32 Å². The van der Waals surface area contributed by atoms with Crippen molar-refractivity contribution in [2.45, 2.75) is 50.9 Å². The van der Waals surface area contributed by atoms with Crippen molar-refractivity contribution in [2.75, 3.05) is 4.90 Å². The average molecular weight is 856 g/mol. The van der Waals surface area contributed by atoms with Crippen molar-refractivity contribution in [3.05, 3.63) is 174 Å². The zero-order valence-corrected chi connectivity index (χ0v) is 33.9. The molecule has 4 nitrogen and oxygen atoms in total. The van der Waals surface area contributed by atoms with Crippen LogP contribution in [0.25, 0.3) is 45.2 Å². The molecular formula is C49H31F6N3OS2. The third-order valence-electron chi connectivity index (χ3n) is 12.3. The lowest BCUT2D eigenvalue weighted by Crippen LogP contribution is -2.47. The maximum atomic E-state index is 16.4. The molecule has 6 aromatic carbocycles. The third kappa shape index (κ3) is 5.18. The topological polar surface area (TPSA) is 42.2 Å². The molecular weight excluding hydrogens is 825 g/mol. The van der Waals surface area contributed by atoms with Gasteiger partial charge in [0.15, 0.2) is 0 Å². The van der Waals surface area contributed by atoms with E-state index in [9.17, 15) is 0 Å². The Bertz CT molecular complexity index is 2950. The molecule has 2 aliphatic heterocycles. The Labute approximate surface area is 355 Å². The fourth-order valence-corrected chi connectivity index (χ4v) is 12.5. The average Bonchev–Trinajstić information content (AvgIpc) is 3.98. The van der Waals surface area contributed by atoms with Crippen LogP contribution in [0.4, 0.5) is 43.4 Å². The van der Waals surface area contributed by atoms with Crippen LogP contribution in [0, 0.1) is 0 Å². The third-order valence-corrected chi connectivity index (χ3v) is 15.6. The monoisotopic (exact) mass is 855 g/mol. The standard InChI is InChI=1S/C49H31F6N3OS2/c1-45-39(35-24-22-31(26-37(35)60-45)44-57-56-43(59-44)30-20-18-29(19-21-30)28-12-6-3-7-13-28)41-42(48(52,53)49(54,55)47(41,50)51)40-36-25-23-34(27-38(36)61-46(40,45)2)58(32-14-8-4-9-15-32)33-16-10-5-11-17-33/h3-27H,1-2H3. The van der Waals surface area contributed by atoms with E-state index >= 15 is 26.3 Å². The number of para-hydroxylation sites is 2. The summed E-state index contributed by atoms with van der Waals surface area (Å²) in [6.07, 6.45) is 0. The number of benzene rings is 6. The zero-order chi connectivity index (χ0) is 42.1. The van der Waals surface area contributed by atoms with Crippen LogP contribution >= 0.6 is 23.5 Å². The highest BCUT2D eigenvalue weighted by atomic mass is 32.2. The number of alkyl halides is 6. The van der Waals surface area contributed by atoms with Crippen LogP contribution in [0.1, 0.15) is 25.0 Å². The summed E-state index contributed by atoms with van der Waals surface area (Å²) in [6, 6.07) is 46.6. The maximum Gasteiger partial charge on any atom is 0.380 e. The van der Waals surface area contributed by atoms with E-state index in [0.717, 1.165) is 22.5 Å². The second-order valence-corrected chi connectivity index (χ2v) is 18.7. The van der Waals surface area contributed by atoms with Crippen LogP contribution in [-0.2, 0) is 0 Å². The largest absolute Gasteiger partial charge is 0.416 e. The number of rotatable bonds is 6. The molecule has 61 heavy (non-hydrogen) atoms. The second-order valence-electron chi connectivity index (χ2n) is 15.7. The molecule has 0 N–H and O–H groups in total. The van der Waals surface area contributed by atoms with Gasteiger partial charge in [-0.25, -0.2) is 0 Å². The SMILES string of the molecule is CC12Sc3cc(-c4nnc(-c5ccc(-c6ccccc6)cc5)o4)ccc3C1=C1C(=C3c4ccc(N(c5ccccc5)c5ccccc5)cc4SC32C)C(F)(F)C(F)(F)C1(F)F. The Morgan fingerprint density at radius 3 is 1.41 bits per heavy atom. The summed E-state index contributed by atoms with van der Waals surface area (Å²) in [5, 5.41) is 8.54. The number of hydrogen-bond acceptors (Lipinski definition) is 6.